The lowest BCUT2D eigenvalue weighted by atomic mass is 10.1. The van der Waals surface area contributed by atoms with E-state index in [0.29, 0.717) is 42.9 Å². The molecule has 31 heavy (non-hydrogen) atoms. The molecule has 0 radical (unpaired) electrons. The third kappa shape index (κ3) is 5.61. The molecule has 3 heterocycles. The SMILES string of the molecule is C#Cc1c(Oc2cnc(CO)cc2C)ncnc1OC1CCN(C(=O)OC(C)C)CC1. The number of pyridine rings is 1. The molecule has 0 saturated carbocycles. The van der Waals surface area contributed by atoms with E-state index in [4.69, 9.17) is 20.6 Å². The Morgan fingerprint density at radius 1 is 1.29 bits per heavy atom. The van der Waals surface area contributed by atoms with Crippen molar-refractivity contribution in [2.24, 2.45) is 0 Å². The molecular weight excluding hydrogens is 400 g/mol. The molecule has 1 aliphatic heterocycles. The van der Waals surface area contributed by atoms with Crippen molar-refractivity contribution >= 4 is 6.09 Å². The summed E-state index contributed by atoms with van der Waals surface area (Å²) in [5.41, 5.74) is 1.62. The lowest BCUT2D eigenvalue weighted by Crippen LogP contribution is -2.42. The van der Waals surface area contributed by atoms with Gasteiger partial charge in [0.25, 0.3) is 0 Å². The van der Waals surface area contributed by atoms with E-state index in [1.165, 1.54) is 12.5 Å². The average Bonchev–Trinajstić information content (AvgIpc) is 2.75. The summed E-state index contributed by atoms with van der Waals surface area (Å²) < 4.78 is 17.1. The fourth-order valence-electron chi connectivity index (χ4n) is 3.13. The van der Waals surface area contributed by atoms with Crippen molar-refractivity contribution in [3.05, 3.63) is 35.4 Å². The third-order valence-corrected chi connectivity index (χ3v) is 4.73. The maximum Gasteiger partial charge on any atom is 0.410 e. The molecule has 1 saturated heterocycles. The van der Waals surface area contributed by atoms with Crippen molar-refractivity contribution in [3.63, 3.8) is 0 Å². The summed E-state index contributed by atoms with van der Waals surface area (Å²) in [5, 5.41) is 9.21. The van der Waals surface area contributed by atoms with Crippen molar-refractivity contribution in [1.29, 1.82) is 0 Å². The second kappa shape index (κ2) is 10.1. The van der Waals surface area contributed by atoms with Gasteiger partial charge in [-0.1, -0.05) is 5.92 Å². The standard InChI is InChI=1S/C22H26N4O5/c1-5-18-20(30-17-6-8-26(9-7-17)22(28)29-14(2)3)24-13-25-21(18)31-19-11-23-16(12-27)10-15(19)4/h1,10-11,13-14,17,27H,6-9,12H2,2-4H3. The molecule has 1 aliphatic rings. The highest BCUT2D eigenvalue weighted by atomic mass is 16.6. The van der Waals surface area contributed by atoms with Crippen molar-refractivity contribution in [2.45, 2.75) is 52.4 Å². The van der Waals surface area contributed by atoms with E-state index in [9.17, 15) is 9.90 Å². The summed E-state index contributed by atoms with van der Waals surface area (Å²) in [4.78, 5) is 26.2. The smallest absolute Gasteiger partial charge is 0.410 e. The molecule has 1 N–H and O–H groups in total. The highest BCUT2D eigenvalue weighted by Crippen LogP contribution is 2.30. The minimum absolute atomic E-state index is 0.148. The molecule has 9 heteroatoms. The lowest BCUT2D eigenvalue weighted by molar-refractivity contribution is 0.0506. The summed E-state index contributed by atoms with van der Waals surface area (Å²) >= 11 is 0. The molecule has 0 bridgehead atoms. The van der Waals surface area contributed by atoms with Gasteiger partial charge in [-0.3, -0.25) is 4.98 Å². The predicted molar refractivity (Wildman–Crippen MR) is 112 cm³/mol. The second-order valence-electron chi connectivity index (χ2n) is 7.44. The number of aliphatic hydroxyl groups is 1. The number of terminal acetylenes is 1. The van der Waals surface area contributed by atoms with Gasteiger partial charge in [0.15, 0.2) is 5.75 Å². The second-order valence-corrected chi connectivity index (χ2v) is 7.44. The first-order valence-electron chi connectivity index (χ1n) is 10.1. The van der Waals surface area contributed by atoms with Crippen LogP contribution >= 0.6 is 0 Å². The van der Waals surface area contributed by atoms with Gasteiger partial charge >= 0.3 is 6.09 Å². The number of carbonyl (C=O) groups is 1. The molecule has 0 spiro atoms. The molecule has 3 rings (SSSR count). The molecule has 0 atom stereocenters. The van der Waals surface area contributed by atoms with Crippen molar-refractivity contribution in [3.8, 4) is 29.9 Å². The largest absolute Gasteiger partial charge is 0.473 e. The van der Waals surface area contributed by atoms with Gasteiger partial charge in [-0.2, -0.15) is 0 Å². The molecule has 0 unspecified atom stereocenters. The molecule has 1 fully saturated rings. The normalized spacial score (nSPS) is 14.3. The van der Waals surface area contributed by atoms with Gasteiger partial charge in [0.2, 0.25) is 11.8 Å². The monoisotopic (exact) mass is 426 g/mol. The maximum atomic E-state index is 12.0. The van der Waals surface area contributed by atoms with Gasteiger partial charge in [-0.15, -0.1) is 6.42 Å². The van der Waals surface area contributed by atoms with E-state index < -0.39 is 0 Å². The molecule has 0 aromatic carbocycles. The number of piperidine rings is 1. The number of hydrogen-bond acceptors (Lipinski definition) is 8. The van der Waals surface area contributed by atoms with Crippen LogP contribution in [0, 0.1) is 19.3 Å². The van der Waals surface area contributed by atoms with Gasteiger partial charge in [0.05, 0.1) is 24.6 Å². The Morgan fingerprint density at radius 3 is 2.61 bits per heavy atom. The van der Waals surface area contributed by atoms with Gasteiger partial charge < -0.3 is 24.2 Å². The van der Waals surface area contributed by atoms with Crippen LogP contribution in [0.2, 0.25) is 0 Å². The van der Waals surface area contributed by atoms with E-state index in [2.05, 4.69) is 20.9 Å². The molecular formula is C22H26N4O5. The first-order chi connectivity index (χ1) is 14.9. The molecule has 0 aliphatic carbocycles. The van der Waals surface area contributed by atoms with Gasteiger partial charge in [-0.05, 0) is 32.4 Å². The van der Waals surface area contributed by atoms with Gasteiger partial charge in [0, 0.05) is 25.9 Å². The van der Waals surface area contributed by atoms with Gasteiger partial charge in [0.1, 0.15) is 18.0 Å². The van der Waals surface area contributed by atoms with Crippen molar-refractivity contribution in [2.75, 3.05) is 13.1 Å². The quantitative estimate of drug-likeness (QED) is 0.703. The van der Waals surface area contributed by atoms with E-state index in [1.54, 1.807) is 11.0 Å². The van der Waals surface area contributed by atoms with Crippen molar-refractivity contribution in [1.82, 2.24) is 19.9 Å². The van der Waals surface area contributed by atoms with Crippen LogP contribution in [-0.4, -0.2) is 56.3 Å². The Bertz CT molecular complexity index is 965. The topological polar surface area (TPSA) is 107 Å². The number of amides is 1. The van der Waals surface area contributed by atoms with E-state index >= 15 is 0 Å². The Morgan fingerprint density at radius 2 is 2.00 bits per heavy atom. The van der Waals surface area contributed by atoms with Crippen LogP contribution in [0.5, 0.6) is 17.5 Å². The summed E-state index contributed by atoms with van der Waals surface area (Å²) in [6.07, 6.45) is 9.17. The molecule has 2 aromatic rings. The summed E-state index contributed by atoms with van der Waals surface area (Å²) in [5.74, 6) is 3.46. The van der Waals surface area contributed by atoms with Crippen molar-refractivity contribution < 1.29 is 24.1 Å². The van der Waals surface area contributed by atoms with Gasteiger partial charge in [-0.25, -0.2) is 14.8 Å². The Labute approximate surface area is 181 Å². The van der Waals surface area contributed by atoms with E-state index in [0.717, 1.165) is 5.56 Å². The third-order valence-electron chi connectivity index (χ3n) is 4.73. The highest BCUT2D eigenvalue weighted by Gasteiger charge is 2.27. The Hall–Kier alpha value is -3.38. The minimum atomic E-state index is -0.313. The zero-order valence-corrected chi connectivity index (χ0v) is 17.9. The summed E-state index contributed by atoms with van der Waals surface area (Å²) in [7, 11) is 0. The first kappa shape index (κ1) is 22.3. The maximum absolute atomic E-state index is 12.0. The number of nitrogens with zero attached hydrogens (tertiary/aromatic N) is 4. The zero-order valence-electron chi connectivity index (χ0n) is 17.9. The fraction of sp³-hybridized carbons (Fsp3) is 0.455. The number of likely N-dealkylation sites (tertiary alicyclic amines) is 1. The Balaban J connectivity index is 1.68. The summed E-state index contributed by atoms with van der Waals surface area (Å²) in [6, 6.07) is 1.72. The Kier molecular flexibility index (Phi) is 7.26. The number of ether oxygens (including phenoxy) is 3. The number of hydrogen-bond donors (Lipinski definition) is 1. The molecule has 1 amide bonds. The van der Waals surface area contributed by atoms with Crippen LogP contribution < -0.4 is 9.47 Å². The molecule has 2 aromatic heterocycles. The fourth-order valence-corrected chi connectivity index (χ4v) is 3.13. The van der Waals surface area contributed by atoms with Crippen LogP contribution in [0.4, 0.5) is 4.79 Å². The number of rotatable bonds is 6. The lowest BCUT2D eigenvalue weighted by Gasteiger charge is -2.31. The zero-order chi connectivity index (χ0) is 22.4. The predicted octanol–water partition coefficient (Wildman–Crippen LogP) is 2.83. The number of aryl methyl sites for hydroxylation is 1. The molecule has 9 nitrogen and oxygen atoms in total. The molecule has 164 valence electrons. The van der Waals surface area contributed by atoms with E-state index in [-0.39, 0.29) is 36.7 Å². The van der Waals surface area contributed by atoms with Crippen LogP contribution in [-0.2, 0) is 11.3 Å². The van der Waals surface area contributed by atoms with Crippen LogP contribution in [0.1, 0.15) is 43.5 Å². The van der Waals surface area contributed by atoms with Crippen LogP contribution in [0.3, 0.4) is 0 Å². The van der Waals surface area contributed by atoms with Crippen LogP contribution in [0.15, 0.2) is 18.6 Å². The first-order valence-corrected chi connectivity index (χ1v) is 10.1. The van der Waals surface area contributed by atoms with Crippen LogP contribution in [0.25, 0.3) is 0 Å². The summed E-state index contributed by atoms with van der Waals surface area (Å²) in [6.45, 7) is 6.37. The minimum Gasteiger partial charge on any atom is -0.473 e. The number of carbonyl (C=O) groups excluding carboxylic acids is 1. The number of aliphatic hydroxyl groups excluding tert-OH is 1. The highest BCUT2D eigenvalue weighted by molar-refractivity contribution is 5.67. The average molecular weight is 426 g/mol. The van der Waals surface area contributed by atoms with E-state index in [1.807, 2.05) is 20.8 Å². The number of aromatic nitrogens is 3.